The van der Waals surface area contributed by atoms with Crippen molar-refractivity contribution < 1.29 is 22.7 Å². The lowest BCUT2D eigenvalue weighted by Crippen LogP contribution is -2.41. The number of thiophene rings is 1. The first-order valence-corrected chi connectivity index (χ1v) is 11.4. The lowest BCUT2D eigenvalue weighted by molar-refractivity contribution is 0.0475. The van der Waals surface area contributed by atoms with Crippen LogP contribution >= 0.6 is 11.3 Å². The number of carbonyl (C=O) groups is 2. The van der Waals surface area contributed by atoms with Gasteiger partial charge in [0, 0.05) is 17.5 Å². The summed E-state index contributed by atoms with van der Waals surface area (Å²) in [6.07, 6.45) is 2.73. The Morgan fingerprint density at radius 1 is 1.14 bits per heavy atom. The highest BCUT2D eigenvalue weighted by Gasteiger charge is 2.31. The zero-order valence-corrected chi connectivity index (χ0v) is 17.5. The van der Waals surface area contributed by atoms with Gasteiger partial charge in [-0.2, -0.15) is 4.31 Å². The van der Waals surface area contributed by atoms with E-state index in [1.165, 1.54) is 39.9 Å². The van der Waals surface area contributed by atoms with Crippen LogP contribution in [0.25, 0.3) is 0 Å². The fourth-order valence-corrected chi connectivity index (χ4v) is 5.69. The van der Waals surface area contributed by atoms with Gasteiger partial charge < -0.3 is 4.74 Å². The van der Waals surface area contributed by atoms with Crippen LogP contribution in [0.3, 0.4) is 0 Å². The summed E-state index contributed by atoms with van der Waals surface area (Å²) in [6.45, 7) is 3.98. The largest absolute Gasteiger partial charge is 0.454 e. The number of esters is 1. The predicted octanol–water partition coefficient (Wildman–Crippen LogP) is 3.66. The third-order valence-electron chi connectivity index (χ3n) is 4.79. The highest BCUT2D eigenvalue weighted by atomic mass is 32.2. The Morgan fingerprint density at radius 3 is 2.46 bits per heavy atom. The van der Waals surface area contributed by atoms with Crippen molar-refractivity contribution in [2.24, 2.45) is 0 Å². The third kappa shape index (κ3) is 4.51. The Bertz CT molecular complexity index is 963. The van der Waals surface area contributed by atoms with Gasteiger partial charge >= 0.3 is 5.97 Å². The summed E-state index contributed by atoms with van der Waals surface area (Å²) in [4.78, 5) is 25.9. The van der Waals surface area contributed by atoms with Crippen LogP contribution in [-0.2, 0) is 14.8 Å². The molecule has 1 aliphatic rings. The van der Waals surface area contributed by atoms with Gasteiger partial charge in [0.2, 0.25) is 15.8 Å². The average molecular weight is 422 g/mol. The number of ketones is 1. The van der Waals surface area contributed by atoms with Gasteiger partial charge in [0.15, 0.2) is 6.61 Å². The van der Waals surface area contributed by atoms with Crippen LogP contribution in [0, 0.1) is 6.92 Å². The van der Waals surface area contributed by atoms with Crippen LogP contribution in [0.4, 0.5) is 0 Å². The van der Waals surface area contributed by atoms with Gasteiger partial charge in [0.05, 0.1) is 15.3 Å². The molecular weight excluding hydrogens is 398 g/mol. The van der Waals surface area contributed by atoms with Crippen molar-refractivity contribution in [1.29, 1.82) is 0 Å². The molecule has 0 amide bonds. The highest BCUT2D eigenvalue weighted by molar-refractivity contribution is 7.89. The van der Waals surface area contributed by atoms with E-state index in [1.807, 2.05) is 19.9 Å². The number of piperidine rings is 1. The number of aryl methyl sites for hydroxylation is 1. The van der Waals surface area contributed by atoms with E-state index < -0.39 is 16.0 Å². The third-order valence-corrected chi connectivity index (χ3v) is 7.86. The summed E-state index contributed by atoms with van der Waals surface area (Å²) >= 11 is 1.35. The molecular formula is C20H23NO5S2. The minimum absolute atomic E-state index is 0.0321. The number of nitrogens with zero attached hydrogens (tertiary/aromatic N) is 1. The number of Topliss-reactive ketones (excluding diaryl/α,β-unsaturated/α-hetero) is 1. The number of hydrogen-bond donors (Lipinski definition) is 0. The Morgan fingerprint density at radius 2 is 1.86 bits per heavy atom. The van der Waals surface area contributed by atoms with Gasteiger partial charge in [-0.05, 0) is 63.1 Å². The van der Waals surface area contributed by atoms with E-state index in [0.717, 1.165) is 24.1 Å². The van der Waals surface area contributed by atoms with Crippen molar-refractivity contribution in [1.82, 2.24) is 4.31 Å². The first-order valence-electron chi connectivity index (χ1n) is 9.17. The maximum atomic E-state index is 12.8. The Labute approximate surface area is 169 Å². The van der Waals surface area contributed by atoms with E-state index in [-0.39, 0.29) is 28.9 Å². The zero-order valence-electron chi connectivity index (χ0n) is 15.9. The molecule has 1 aromatic carbocycles. The molecule has 1 aliphatic heterocycles. The van der Waals surface area contributed by atoms with Gasteiger partial charge in [0.25, 0.3) is 0 Å². The first kappa shape index (κ1) is 20.7. The Hall–Kier alpha value is -2.03. The summed E-state index contributed by atoms with van der Waals surface area (Å²) < 4.78 is 32.2. The average Bonchev–Trinajstić information content (AvgIpc) is 3.12. The van der Waals surface area contributed by atoms with Gasteiger partial charge in [-0.25, -0.2) is 13.2 Å². The number of carbonyl (C=O) groups excluding carboxylic acids is 2. The second-order valence-electron chi connectivity index (χ2n) is 6.89. The molecule has 1 aromatic heterocycles. The number of sulfonamides is 1. The number of rotatable bonds is 6. The molecule has 0 spiro atoms. The van der Waals surface area contributed by atoms with E-state index in [9.17, 15) is 18.0 Å². The number of hydrogen-bond acceptors (Lipinski definition) is 6. The van der Waals surface area contributed by atoms with Crippen LogP contribution in [0.15, 0.2) is 41.3 Å². The van der Waals surface area contributed by atoms with E-state index in [2.05, 4.69) is 0 Å². The van der Waals surface area contributed by atoms with Crippen LogP contribution in [-0.4, -0.2) is 43.7 Å². The van der Waals surface area contributed by atoms with Crippen molar-refractivity contribution in [2.45, 2.75) is 44.0 Å². The number of ether oxygens (including phenoxy) is 1. The molecule has 1 fully saturated rings. The molecule has 150 valence electrons. The summed E-state index contributed by atoms with van der Waals surface area (Å²) in [6, 6.07) is 9.18. The summed E-state index contributed by atoms with van der Waals surface area (Å²) in [5, 5.41) is 0. The van der Waals surface area contributed by atoms with E-state index in [4.69, 9.17) is 4.74 Å². The van der Waals surface area contributed by atoms with E-state index in [0.29, 0.717) is 11.4 Å². The monoisotopic (exact) mass is 421 g/mol. The molecule has 0 aliphatic carbocycles. The summed E-state index contributed by atoms with van der Waals surface area (Å²) in [7, 11) is -3.58. The fraction of sp³-hybridized carbons (Fsp3) is 0.400. The summed E-state index contributed by atoms with van der Waals surface area (Å²) in [5.74, 6) is -0.915. The Kier molecular flexibility index (Phi) is 6.32. The van der Waals surface area contributed by atoms with E-state index in [1.54, 1.807) is 6.07 Å². The second kappa shape index (κ2) is 8.55. The van der Waals surface area contributed by atoms with Gasteiger partial charge in [-0.15, -0.1) is 11.3 Å². The maximum absolute atomic E-state index is 12.8. The summed E-state index contributed by atoms with van der Waals surface area (Å²) in [5.41, 5.74) is 0.209. The molecule has 1 saturated heterocycles. The molecule has 1 atom stereocenters. The molecule has 2 aromatic rings. The van der Waals surface area contributed by atoms with Crippen LogP contribution in [0.2, 0.25) is 0 Å². The van der Waals surface area contributed by atoms with Gasteiger partial charge in [-0.1, -0.05) is 6.42 Å². The normalized spacial score (nSPS) is 18.0. The highest BCUT2D eigenvalue weighted by Crippen LogP contribution is 2.25. The van der Waals surface area contributed by atoms with Crippen LogP contribution < -0.4 is 0 Å². The van der Waals surface area contributed by atoms with Crippen molar-refractivity contribution in [3.05, 3.63) is 51.7 Å². The molecule has 0 radical (unpaired) electrons. The standard InChI is InChI=1S/C20H23NO5S2/c1-14-5-3-4-12-21(14)28(24,25)17-9-7-16(8-10-17)20(23)26-13-18(22)19-11-6-15(2)27-19/h6-11,14H,3-5,12-13H2,1-2H3. The lowest BCUT2D eigenvalue weighted by atomic mass is 10.1. The van der Waals surface area contributed by atoms with Crippen molar-refractivity contribution >= 4 is 33.1 Å². The topological polar surface area (TPSA) is 80.8 Å². The van der Waals surface area contributed by atoms with E-state index >= 15 is 0 Å². The molecule has 0 N–H and O–H groups in total. The quantitative estimate of drug-likeness (QED) is 0.525. The van der Waals surface area contributed by atoms with Gasteiger partial charge in [-0.3, -0.25) is 4.79 Å². The van der Waals surface area contributed by atoms with Gasteiger partial charge in [0.1, 0.15) is 0 Å². The molecule has 28 heavy (non-hydrogen) atoms. The van der Waals surface area contributed by atoms with Crippen LogP contribution in [0.5, 0.6) is 0 Å². The molecule has 8 heteroatoms. The molecule has 0 bridgehead atoms. The first-order chi connectivity index (χ1) is 13.3. The minimum atomic E-state index is -3.58. The molecule has 6 nitrogen and oxygen atoms in total. The molecule has 2 heterocycles. The van der Waals surface area contributed by atoms with Crippen molar-refractivity contribution in [3.63, 3.8) is 0 Å². The minimum Gasteiger partial charge on any atom is -0.454 e. The van der Waals surface area contributed by atoms with Crippen LogP contribution in [0.1, 0.15) is 51.1 Å². The zero-order chi connectivity index (χ0) is 20.3. The lowest BCUT2D eigenvalue weighted by Gasteiger charge is -2.32. The fourth-order valence-electron chi connectivity index (χ4n) is 3.20. The molecule has 0 saturated carbocycles. The number of benzene rings is 1. The van der Waals surface area contributed by atoms with Crippen molar-refractivity contribution in [2.75, 3.05) is 13.2 Å². The maximum Gasteiger partial charge on any atom is 0.338 e. The SMILES string of the molecule is Cc1ccc(C(=O)COC(=O)c2ccc(S(=O)(=O)N3CCCCC3C)cc2)s1. The van der Waals surface area contributed by atoms with Crippen molar-refractivity contribution in [3.8, 4) is 0 Å². The smallest absolute Gasteiger partial charge is 0.338 e. The predicted molar refractivity (Wildman–Crippen MR) is 107 cm³/mol. The molecule has 1 unspecified atom stereocenters. The molecule has 3 rings (SSSR count). The second-order valence-corrected chi connectivity index (χ2v) is 10.1. The Balaban J connectivity index is 1.64.